The van der Waals surface area contributed by atoms with Crippen LogP contribution in [0, 0.1) is 9.49 Å². The van der Waals surface area contributed by atoms with Gasteiger partial charge < -0.3 is 9.64 Å². The predicted octanol–water partition coefficient (Wildman–Crippen LogP) is 3.69. The van der Waals surface area contributed by atoms with Gasteiger partial charge in [0.2, 0.25) is 0 Å². The van der Waals surface area contributed by atoms with E-state index in [1.165, 1.54) is 0 Å². The lowest BCUT2D eigenvalue weighted by atomic mass is 10.1. The smallest absolute Gasteiger partial charge is 0.255 e. The van der Waals surface area contributed by atoms with Crippen molar-refractivity contribution in [2.75, 3.05) is 26.8 Å². The van der Waals surface area contributed by atoms with Crippen LogP contribution in [0.3, 0.4) is 0 Å². The highest BCUT2D eigenvalue weighted by Gasteiger charge is 2.19. The highest BCUT2D eigenvalue weighted by molar-refractivity contribution is 14.1. The Balaban J connectivity index is 2.90. The van der Waals surface area contributed by atoms with Gasteiger partial charge in [0.15, 0.2) is 0 Å². The van der Waals surface area contributed by atoms with E-state index in [2.05, 4.69) is 36.4 Å². The van der Waals surface area contributed by atoms with Gasteiger partial charge in [-0.2, -0.15) is 0 Å². The molecule has 1 rings (SSSR count). The molecule has 0 radical (unpaired) electrons. The van der Waals surface area contributed by atoms with Crippen LogP contribution in [0.5, 0.6) is 0 Å². The van der Waals surface area contributed by atoms with Crippen molar-refractivity contribution in [1.82, 2.24) is 4.90 Å². The Morgan fingerprint density at radius 3 is 2.68 bits per heavy atom. The van der Waals surface area contributed by atoms with Gasteiger partial charge in [0.25, 0.3) is 5.91 Å². The number of carbonyl (C=O) groups excluding carboxylic acids is 1. The fourth-order valence-electron chi connectivity index (χ4n) is 1.75. The zero-order chi connectivity index (χ0) is 14.4. The molecule has 0 aliphatic heterocycles. The van der Waals surface area contributed by atoms with Crippen molar-refractivity contribution in [3.05, 3.63) is 32.4 Å². The van der Waals surface area contributed by atoms with Gasteiger partial charge in [0.1, 0.15) is 0 Å². The van der Waals surface area contributed by atoms with E-state index < -0.39 is 0 Å². The summed E-state index contributed by atoms with van der Waals surface area (Å²) in [5, 5.41) is 0.647. The van der Waals surface area contributed by atoms with Crippen LogP contribution in [-0.2, 0) is 4.74 Å². The fourth-order valence-corrected chi connectivity index (χ4v) is 2.85. The third-order valence-corrected chi connectivity index (χ3v) is 3.73. The highest BCUT2D eigenvalue weighted by atomic mass is 127. The third-order valence-electron chi connectivity index (χ3n) is 2.60. The lowest BCUT2D eigenvalue weighted by Gasteiger charge is -2.25. The first kappa shape index (κ1) is 16.7. The molecule has 0 aliphatic carbocycles. The predicted molar refractivity (Wildman–Crippen MR) is 86.8 cm³/mol. The Labute approximate surface area is 133 Å². The summed E-state index contributed by atoms with van der Waals surface area (Å²) in [7, 11) is 1.64. The normalized spacial score (nSPS) is 10.8. The number of ether oxygens (including phenoxy) is 1. The summed E-state index contributed by atoms with van der Waals surface area (Å²) in [6, 6.07) is 5.34. The number of halogens is 2. The average Bonchev–Trinajstić information content (AvgIpc) is 2.33. The molecule has 0 heterocycles. The molecule has 0 N–H and O–H groups in total. The summed E-state index contributed by atoms with van der Waals surface area (Å²) in [6.07, 6.45) is 0. The monoisotopic (exact) mass is 395 g/mol. The first-order valence-electron chi connectivity index (χ1n) is 6.19. The number of rotatable bonds is 6. The van der Waals surface area contributed by atoms with Crippen molar-refractivity contribution in [3.63, 3.8) is 0 Å². The maximum atomic E-state index is 12.5. The number of nitrogens with zero attached hydrogens (tertiary/aromatic N) is 1. The van der Waals surface area contributed by atoms with Crippen LogP contribution in [0.1, 0.15) is 24.2 Å². The summed E-state index contributed by atoms with van der Waals surface area (Å²) >= 11 is 8.06. The molecular weight excluding hydrogens is 377 g/mol. The SMILES string of the molecule is COCCN(CC(C)C)C(=O)c1ccc(Cl)cc1I. The van der Waals surface area contributed by atoms with Crippen LogP contribution < -0.4 is 0 Å². The average molecular weight is 396 g/mol. The van der Waals surface area contributed by atoms with Crippen molar-refractivity contribution in [2.45, 2.75) is 13.8 Å². The Bertz CT molecular complexity index is 437. The number of carbonyl (C=O) groups is 1. The Morgan fingerprint density at radius 1 is 1.47 bits per heavy atom. The number of hydrogen-bond acceptors (Lipinski definition) is 2. The highest BCUT2D eigenvalue weighted by Crippen LogP contribution is 2.20. The van der Waals surface area contributed by atoms with E-state index in [-0.39, 0.29) is 5.91 Å². The van der Waals surface area contributed by atoms with Gasteiger partial charge >= 0.3 is 0 Å². The van der Waals surface area contributed by atoms with Crippen LogP contribution in [-0.4, -0.2) is 37.6 Å². The molecule has 0 aromatic heterocycles. The molecule has 3 nitrogen and oxygen atoms in total. The summed E-state index contributed by atoms with van der Waals surface area (Å²) in [5.74, 6) is 0.456. The van der Waals surface area contributed by atoms with E-state index >= 15 is 0 Å². The molecule has 0 fully saturated rings. The zero-order valence-corrected chi connectivity index (χ0v) is 14.4. The molecule has 0 aliphatic rings. The molecule has 0 saturated carbocycles. The fraction of sp³-hybridized carbons (Fsp3) is 0.500. The van der Waals surface area contributed by atoms with E-state index in [0.717, 1.165) is 10.1 Å². The largest absolute Gasteiger partial charge is 0.383 e. The number of amides is 1. The first-order chi connectivity index (χ1) is 8.95. The zero-order valence-electron chi connectivity index (χ0n) is 11.5. The second kappa shape index (κ2) is 8.07. The van der Waals surface area contributed by atoms with E-state index in [0.29, 0.717) is 29.7 Å². The number of hydrogen-bond donors (Lipinski definition) is 0. The molecule has 0 atom stereocenters. The van der Waals surface area contributed by atoms with Gasteiger partial charge in [-0.1, -0.05) is 25.4 Å². The third kappa shape index (κ3) is 5.28. The molecule has 106 valence electrons. The lowest BCUT2D eigenvalue weighted by molar-refractivity contribution is 0.0671. The van der Waals surface area contributed by atoms with Gasteiger partial charge in [-0.3, -0.25) is 4.79 Å². The minimum Gasteiger partial charge on any atom is -0.383 e. The Morgan fingerprint density at radius 2 is 2.16 bits per heavy atom. The van der Waals surface area contributed by atoms with E-state index in [9.17, 15) is 4.79 Å². The summed E-state index contributed by atoms with van der Waals surface area (Å²) in [4.78, 5) is 14.4. The number of methoxy groups -OCH3 is 1. The van der Waals surface area contributed by atoms with Crippen LogP contribution >= 0.6 is 34.2 Å². The molecule has 0 bridgehead atoms. The molecule has 0 spiro atoms. The maximum absolute atomic E-state index is 12.5. The van der Waals surface area contributed by atoms with Crippen LogP contribution in [0.25, 0.3) is 0 Å². The maximum Gasteiger partial charge on any atom is 0.255 e. The number of benzene rings is 1. The molecular formula is C14H19ClINO2. The van der Waals surface area contributed by atoms with E-state index in [1.54, 1.807) is 25.3 Å². The molecule has 1 amide bonds. The molecule has 1 aromatic carbocycles. The second-order valence-corrected chi connectivity index (χ2v) is 6.36. The van der Waals surface area contributed by atoms with Crippen LogP contribution in [0.15, 0.2) is 18.2 Å². The van der Waals surface area contributed by atoms with Crippen molar-refractivity contribution in [2.24, 2.45) is 5.92 Å². The van der Waals surface area contributed by atoms with Crippen LogP contribution in [0.2, 0.25) is 5.02 Å². The molecule has 0 unspecified atom stereocenters. The summed E-state index contributed by atoms with van der Waals surface area (Å²) in [5.41, 5.74) is 0.696. The second-order valence-electron chi connectivity index (χ2n) is 4.76. The Kier molecular flexibility index (Phi) is 7.10. The minimum atomic E-state index is 0.0341. The van der Waals surface area contributed by atoms with Crippen molar-refractivity contribution >= 4 is 40.1 Å². The quantitative estimate of drug-likeness (QED) is 0.688. The van der Waals surface area contributed by atoms with Gasteiger partial charge in [0, 0.05) is 28.8 Å². The summed E-state index contributed by atoms with van der Waals surface area (Å²) < 4.78 is 5.95. The van der Waals surface area contributed by atoms with E-state index in [1.807, 2.05) is 4.90 Å². The van der Waals surface area contributed by atoms with E-state index in [4.69, 9.17) is 16.3 Å². The van der Waals surface area contributed by atoms with Gasteiger partial charge in [-0.15, -0.1) is 0 Å². The molecule has 0 saturated heterocycles. The van der Waals surface area contributed by atoms with Crippen molar-refractivity contribution < 1.29 is 9.53 Å². The summed E-state index contributed by atoms with van der Waals surface area (Å²) in [6.45, 7) is 6.07. The Hall–Kier alpha value is -0.330. The standard InChI is InChI=1S/C14H19ClINO2/c1-10(2)9-17(6-7-19-3)14(18)12-5-4-11(15)8-13(12)16/h4-5,8,10H,6-7,9H2,1-3H3. The topological polar surface area (TPSA) is 29.5 Å². The molecule has 1 aromatic rings. The minimum absolute atomic E-state index is 0.0341. The van der Waals surface area contributed by atoms with Crippen molar-refractivity contribution in [3.8, 4) is 0 Å². The lowest BCUT2D eigenvalue weighted by Crippen LogP contribution is -2.37. The van der Waals surface area contributed by atoms with Gasteiger partial charge in [0.05, 0.1) is 12.2 Å². The van der Waals surface area contributed by atoms with Crippen molar-refractivity contribution in [1.29, 1.82) is 0 Å². The molecule has 5 heteroatoms. The van der Waals surface area contributed by atoms with Gasteiger partial charge in [-0.25, -0.2) is 0 Å². The molecule has 19 heavy (non-hydrogen) atoms. The van der Waals surface area contributed by atoms with Gasteiger partial charge in [-0.05, 0) is 46.7 Å². The van der Waals surface area contributed by atoms with Crippen LogP contribution in [0.4, 0.5) is 0 Å². The first-order valence-corrected chi connectivity index (χ1v) is 7.64.